The number of aryl methyl sites for hydroxylation is 1. The Balaban J connectivity index is 1.29. The zero-order valence-corrected chi connectivity index (χ0v) is 21.1. The molecule has 0 aliphatic carbocycles. The number of ether oxygens (including phenoxy) is 1. The first-order valence-corrected chi connectivity index (χ1v) is 13.1. The lowest BCUT2D eigenvalue weighted by Gasteiger charge is -2.28. The third kappa shape index (κ3) is 5.46. The molecule has 1 atom stereocenters. The fourth-order valence-corrected chi connectivity index (χ4v) is 5.28. The summed E-state index contributed by atoms with van der Waals surface area (Å²) in [6.07, 6.45) is 2.32. The molecular formula is C26H32N6O2S. The van der Waals surface area contributed by atoms with Crippen molar-refractivity contribution in [1.82, 2.24) is 14.8 Å². The van der Waals surface area contributed by atoms with Gasteiger partial charge in [-0.1, -0.05) is 29.5 Å². The predicted octanol–water partition coefficient (Wildman–Crippen LogP) is 4.13. The van der Waals surface area contributed by atoms with Gasteiger partial charge in [0.15, 0.2) is 5.16 Å². The monoisotopic (exact) mass is 492 g/mol. The van der Waals surface area contributed by atoms with Crippen molar-refractivity contribution in [3.63, 3.8) is 0 Å². The van der Waals surface area contributed by atoms with Gasteiger partial charge >= 0.3 is 0 Å². The van der Waals surface area contributed by atoms with Gasteiger partial charge in [0.1, 0.15) is 0 Å². The van der Waals surface area contributed by atoms with Crippen LogP contribution in [0.3, 0.4) is 0 Å². The minimum absolute atomic E-state index is 0.0599. The Bertz CT molecular complexity index is 1140. The molecule has 2 aliphatic rings. The SMILES string of the molecule is Cc1ccc(-n2c(S[C@@H](C)C(=O)Nc3ccc(N4CCOCC4)cc3)nnc2N2CCCC2)cc1. The number of anilines is 3. The van der Waals surface area contributed by atoms with Crippen LogP contribution in [-0.2, 0) is 9.53 Å². The number of amides is 1. The molecule has 35 heavy (non-hydrogen) atoms. The number of nitrogens with one attached hydrogen (secondary N) is 1. The molecule has 0 unspecified atom stereocenters. The van der Waals surface area contributed by atoms with E-state index in [0.717, 1.165) is 80.4 Å². The Morgan fingerprint density at radius 1 is 0.914 bits per heavy atom. The molecule has 1 N–H and O–H groups in total. The van der Waals surface area contributed by atoms with Gasteiger partial charge in [-0.3, -0.25) is 9.36 Å². The molecule has 2 aromatic carbocycles. The topological polar surface area (TPSA) is 75.5 Å². The standard InChI is InChI=1S/C26H32N6O2S/c1-19-5-9-23(10-6-19)32-25(31-13-3-4-14-31)28-29-26(32)35-20(2)24(33)27-21-7-11-22(12-8-21)30-15-17-34-18-16-30/h5-12,20H,3-4,13-18H2,1-2H3,(H,27,33)/t20-/m0/s1. The molecule has 0 saturated carbocycles. The van der Waals surface area contributed by atoms with Crippen molar-refractivity contribution in [3.05, 3.63) is 54.1 Å². The Hall–Kier alpha value is -3.04. The first-order chi connectivity index (χ1) is 17.1. The van der Waals surface area contributed by atoms with Crippen molar-refractivity contribution in [1.29, 1.82) is 0 Å². The molecule has 0 spiro atoms. The highest BCUT2D eigenvalue weighted by Gasteiger charge is 2.25. The van der Waals surface area contributed by atoms with E-state index >= 15 is 0 Å². The predicted molar refractivity (Wildman–Crippen MR) is 141 cm³/mol. The summed E-state index contributed by atoms with van der Waals surface area (Å²) < 4.78 is 7.51. The largest absolute Gasteiger partial charge is 0.378 e. The van der Waals surface area contributed by atoms with E-state index in [9.17, 15) is 4.79 Å². The Kier molecular flexibility index (Phi) is 7.24. The van der Waals surface area contributed by atoms with Crippen LogP contribution in [0.2, 0.25) is 0 Å². The van der Waals surface area contributed by atoms with Crippen molar-refractivity contribution < 1.29 is 9.53 Å². The lowest BCUT2D eigenvalue weighted by Crippen LogP contribution is -2.36. The van der Waals surface area contributed by atoms with Crippen LogP contribution in [-0.4, -0.2) is 65.3 Å². The van der Waals surface area contributed by atoms with E-state index in [1.807, 2.05) is 19.1 Å². The molecule has 2 saturated heterocycles. The minimum atomic E-state index is -0.339. The number of benzene rings is 2. The van der Waals surface area contributed by atoms with Crippen LogP contribution in [0.15, 0.2) is 53.7 Å². The molecule has 0 bridgehead atoms. The van der Waals surface area contributed by atoms with Crippen molar-refractivity contribution in [2.24, 2.45) is 0 Å². The first-order valence-electron chi connectivity index (χ1n) is 12.3. The maximum absolute atomic E-state index is 13.0. The van der Waals surface area contributed by atoms with E-state index in [0.29, 0.717) is 0 Å². The Morgan fingerprint density at radius 3 is 2.26 bits per heavy atom. The zero-order chi connectivity index (χ0) is 24.2. The second kappa shape index (κ2) is 10.7. The number of nitrogens with zero attached hydrogens (tertiary/aromatic N) is 5. The summed E-state index contributed by atoms with van der Waals surface area (Å²) in [6, 6.07) is 16.4. The summed E-state index contributed by atoms with van der Waals surface area (Å²) in [7, 11) is 0. The number of hydrogen-bond donors (Lipinski definition) is 1. The van der Waals surface area contributed by atoms with Crippen molar-refractivity contribution >= 4 is 35.0 Å². The van der Waals surface area contributed by atoms with Crippen LogP contribution < -0.4 is 15.1 Å². The molecule has 3 heterocycles. The van der Waals surface area contributed by atoms with E-state index in [1.165, 1.54) is 17.3 Å². The molecule has 2 aliphatic heterocycles. The molecule has 1 amide bonds. The first kappa shape index (κ1) is 23.7. The third-order valence-corrected chi connectivity index (χ3v) is 7.50. The van der Waals surface area contributed by atoms with Gasteiger partial charge in [0, 0.05) is 37.6 Å². The highest BCUT2D eigenvalue weighted by atomic mass is 32.2. The third-order valence-electron chi connectivity index (χ3n) is 6.46. The molecule has 8 nitrogen and oxygen atoms in total. The highest BCUT2D eigenvalue weighted by molar-refractivity contribution is 8.00. The van der Waals surface area contributed by atoms with Crippen LogP contribution in [0.4, 0.5) is 17.3 Å². The average Bonchev–Trinajstić information content (AvgIpc) is 3.56. The number of thioether (sulfide) groups is 1. The van der Waals surface area contributed by atoms with E-state index < -0.39 is 0 Å². The summed E-state index contributed by atoms with van der Waals surface area (Å²) in [5.74, 6) is 0.787. The average molecular weight is 493 g/mol. The van der Waals surface area contributed by atoms with Gasteiger partial charge in [-0.05, 0) is 63.1 Å². The summed E-state index contributed by atoms with van der Waals surface area (Å²) in [6.45, 7) is 9.22. The van der Waals surface area contributed by atoms with Gasteiger partial charge in [0.25, 0.3) is 0 Å². The quantitative estimate of drug-likeness (QED) is 0.497. The van der Waals surface area contributed by atoms with E-state index in [-0.39, 0.29) is 11.2 Å². The smallest absolute Gasteiger partial charge is 0.237 e. The maximum Gasteiger partial charge on any atom is 0.237 e. The molecule has 0 radical (unpaired) electrons. The fourth-order valence-electron chi connectivity index (χ4n) is 4.41. The molecule has 2 fully saturated rings. The van der Waals surface area contributed by atoms with Gasteiger partial charge in [0.2, 0.25) is 11.9 Å². The van der Waals surface area contributed by atoms with Gasteiger partial charge in [0.05, 0.1) is 24.2 Å². The molecule has 3 aromatic rings. The van der Waals surface area contributed by atoms with Crippen molar-refractivity contribution in [2.75, 3.05) is 54.5 Å². The summed E-state index contributed by atoms with van der Waals surface area (Å²) in [4.78, 5) is 17.6. The fraction of sp³-hybridized carbons (Fsp3) is 0.423. The number of morpholine rings is 1. The molecule has 5 rings (SSSR count). The zero-order valence-electron chi connectivity index (χ0n) is 20.3. The normalized spacial score (nSPS) is 17.0. The summed E-state index contributed by atoms with van der Waals surface area (Å²) in [5, 5.41) is 12.4. The van der Waals surface area contributed by atoms with Crippen LogP contribution in [0.1, 0.15) is 25.3 Å². The lowest BCUT2D eigenvalue weighted by atomic mass is 10.2. The van der Waals surface area contributed by atoms with Crippen LogP contribution in [0, 0.1) is 6.92 Å². The number of hydrogen-bond acceptors (Lipinski definition) is 7. The number of carbonyl (C=O) groups excluding carboxylic acids is 1. The molecular weight excluding hydrogens is 460 g/mol. The second-order valence-corrected chi connectivity index (χ2v) is 10.4. The number of aromatic nitrogens is 3. The summed E-state index contributed by atoms with van der Waals surface area (Å²) >= 11 is 1.43. The highest BCUT2D eigenvalue weighted by Crippen LogP contribution is 2.31. The van der Waals surface area contributed by atoms with E-state index in [4.69, 9.17) is 4.74 Å². The number of rotatable bonds is 7. The molecule has 9 heteroatoms. The number of carbonyl (C=O) groups is 1. The van der Waals surface area contributed by atoms with Crippen molar-refractivity contribution in [2.45, 2.75) is 37.1 Å². The maximum atomic E-state index is 13.0. The molecule has 1 aromatic heterocycles. The summed E-state index contributed by atoms with van der Waals surface area (Å²) in [5.41, 5.74) is 4.15. The van der Waals surface area contributed by atoms with Gasteiger partial charge < -0.3 is 19.9 Å². The van der Waals surface area contributed by atoms with Crippen LogP contribution >= 0.6 is 11.8 Å². The van der Waals surface area contributed by atoms with Crippen LogP contribution in [0.5, 0.6) is 0 Å². The van der Waals surface area contributed by atoms with Gasteiger partial charge in [-0.25, -0.2) is 0 Å². The van der Waals surface area contributed by atoms with Crippen LogP contribution in [0.25, 0.3) is 5.69 Å². The minimum Gasteiger partial charge on any atom is -0.378 e. The van der Waals surface area contributed by atoms with Crippen molar-refractivity contribution in [3.8, 4) is 5.69 Å². The second-order valence-electron chi connectivity index (χ2n) is 9.04. The van der Waals surface area contributed by atoms with Gasteiger partial charge in [-0.15, -0.1) is 10.2 Å². The lowest BCUT2D eigenvalue weighted by molar-refractivity contribution is -0.115. The Morgan fingerprint density at radius 2 is 1.57 bits per heavy atom. The van der Waals surface area contributed by atoms with E-state index in [1.54, 1.807) is 0 Å². The van der Waals surface area contributed by atoms with Gasteiger partial charge in [-0.2, -0.15) is 0 Å². The molecule has 184 valence electrons. The van der Waals surface area contributed by atoms with E-state index in [2.05, 4.69) is 73.2 Å². The Labute approximate surface area is 210 Å².